The molecular formula is C20H19F3N2S. The van der Waals surface area contributed by atoms with E-state index < -0.39 is 25.9 Å². The Kier molecular flexibility index (Phi) is 5.61. The van der Waals surface area contributed by atoms with Crippen molar-refractivity contribution in [2.24, 2.45) is 11.7 Å². The summed E-state index contributed by atoms with van der Waals surface area (Å²) in [5, 5.41) is 0.888. The number of nitrogens with two attached hydrogens (primary N) is 1. The molecule has 2 aromatic carbocycles. The highest BCUT2D eigenvalue weighted by molar-refractivity contribution is 7.80. The summed E-state index contributed by atoms with van der Waals surface area (Å²) in [5.41, 5.74) is 9.52. The van der Waals surface area contributed by atoms with Crippen LogP contribution in [0.1, 0.15) is 11.1 Å². The maximum atomic E-state index is 13.1. The van der Waals surface area contributed by atoms with Crippen LogP contribution in [0.15, 0.2) is 48.7 Å². The molecule has 0 spiro atoms. The largest absolute Gasteiger partial charge is 0.389 e. The van der Waals surface area contributed by atoms with E-state index in [-0.39, 0.29) is 6.54 Å². The van der Waals surface area contributed by atoms with Crippen LogP contribution >= 0.6 is 12.2 Å². The predicted octanol–water partition coefficient (Wildman–Crippen LogP) is 4.97. The lowest BCUT2D eigenvalue weighted by atomic mass is 10.0. The van der Waals surface area contributed by atoms with E-state index in [9.17, 15) is 13.2 Å². The number of alkyl halides is 3. The van der Waals surface area contributed by atoms with Gasteiger partial charge in [0, 0.05) is 40.7 Å². The van der Waals surface area contributed by atoms with Gasteiger partial charge >= 0.3 is 0 Å². The molecule has 0 aliphatic heterocycles. The molecule has 0 aliphatic carbocycles. The van der Waals surface area contributed by atoms with E-state index in [0.717, 1.165) is 27.6 Å². The molecular weight excluding hydrogens is 357 g/mol. The molecule has 0 atom stereocenters. The average molecular weight is 376 g/mol. The van der Waals surface area contributed by atoms with Crippen molar-refractivity contribution in [3.8, 4) is 11.1 Å². The van der Waals surface area contributed by atoms with E-state index in [1.807, 2.05) is 36.5 Å². The van der Waals surface area contributed by atoms with Gasteiger partial charge in [-0.15, -0.1) is 0 Å². The molecule has 0 bridgehead atoms. The second-order valence-electron chi connectivity index (χ2n) is 6.30. The van der Waals surface area contributed by atoms with Crippen LogP contribution in [0, 0.1) is 5.92 Å². The van der Waals surface area contributed by atoms with Crippen LogP contribution in [-0.2, 0) is 13.2 Å². The molecule has 0 unspecified atom stereocenters. The van der Waals surface area contributed by atoms with Crippen LogP contribution in [0.2, 0.25) is 0 Å². The zero-order chi connectivity index (χ0) is 18.7. The van der Waals surface area contributed by atoms with Gasteiger partial charge in [0.15, 0.2) is 0 Å². The van der Waals surface area contributed by atoms with Crippen molar-refractivity contribution in [2.75, 3.05) is 13.3 Å². The first-order chi connectivity index (χ1) is 12.6. The average Bonchev–Trinajstić information content (AvgIpc) is 3.03. The molecule has 3 rings (SSSR count). The normalized spacial score (nSPS) is 11.4. The maximum absolute atomic E-state index is 13.1. The van der Waals surface area contributed by atoms with E-state index in [1.165, 1.54) is 0 Å². The number of hydrogen-bond acceptors (Lipinski definition) is 1. The summed E-state index contributed by atoms with van der Waals surface area (Å²) in [4.78, 5) is 0.297. The van der Waals surface area contributed by atoms with Crippen LogP contribution < -0.4 is 5.73 Å². The van der Waals surface area contributed by atoms with Crippen molar-refractivity contribution in [1.82, 2.24) is 4.57 Å². The minimum absolute atomic E-state index is 0.189. The highest BCUT2D eigenvalue weighted by atomic mass is 32.1. The number of nitrogens with zero attached hydrogens (tertiary/aromatic N) is 1. The summed E-state index contributed by atoms with van der Waals surface area (Å²) >= 11 is 5.04. The summed E-state index contributed by atoms with van der Waals surface area (Å²) in [6.45, 7) is -1.90. The Balaban J connectivity index is 2.16. The maximum Gasteiger partial charge on any atom is 0.115 e. The van der Waals surface area contributed by atoms with Crippen molar-refractivity contribution in [3.05, 3.63) is 59.8 Å². The molecule has 0 aliphatic rings. The summed E-state index contributed by atoms with van der Waals surface area (Å²) in [5.74, 6) is -0.726. The minimum Gasteiger partial charge on any atom is -0.389 e. The zero-order valence-corrected chi connectivity index (χ0v) is 14.9. The topological polar surface area (TPSA) is 30.9 Å². The van der Waals surface area contributed by atoms with Gasteiger partial charge in [0.2, 0.25) is 0 Å². The van der Waals surface area contributed by atoms with Crippen molar-refractivity contribution in [2.45, 2.75) is 13.2 Å². The third-order valence-electron chi connectivity index (χ3n) is 4.45. The van der Waals surface area contributed by atoms with Crippen LogP contribution in [0.4, 0.5) is 13.2 Å². The van der Waals surface area contributed by atoms with Gasteiger partial charge in [0.1, 0.15) is 11.7 Å². The summed E-state index contributed by atoms with van der Waals surface area (Å²) in [6.07, 6.45) is 1.85. The molecule has 0 amide bonds. The number of benzene rings is 2. The van der Waals surface area contributed by atoms with Gasteiger partial charge in [-0.05, 0) is 23.3 Å². The first-order valence-corrected chi connectivity index (χ1v) is 8.68. The van der Waals surface area contributed by atoms with E-state index in [4.69, 9.17) is 18.0 Å². The molecule has 136 valence electrons. The molecule has 1 aromatic heterocycles. The third-order valence-corrected chi connectivity index (χ3v) is 4.69. The number of fused-ring (bicyclic) bond motifs is 1. The van der Waals surface area contributed by atoms with Gasteiger partial charge in [-0.25, -0.2) is 4.39 Å². The van der Waals surface area contributed by atoms with Gasteiger partial charge < -0.3 is 10.3 Å². The van der Waals surface area contributed by atoms with Crippen LogP contribution in [-0.4, -0.2) is 22.9 Å². The number of hydrogen-bond donors (Lipinski definition) is 1. The second kappa shape index (κ2) is 7.91. The molecule has 0 saturated carbocycles. The molecule has 3 aromatic rings. The fraction of sp³-hybridized carbons (Fsp3) is 0.250. The first kappa shape index (κ1) is 18.5. The smallest absolute Gasteiger partial charge is 0.115 e. The van der Waals surface area contributed by atoms with E-state index in [0.29, 0.717) is 10.6 Å². The SMILES string of the molecule is NC(=S)c1cccc(-c2cn(CC(CF)CF)c3cc(CF)ccc23)c1. The van der Waals surface area contributed by atoms with Crippen molar-refractivity contribution < 1.29 is 13.2 Å². The molecule has 0 fully saturated rings. The first-order valence-electron chi connectivity index (χ1n) is 8.27. The Bertz CT molecular complexity index is 932. The van der Waals surface area contributed by atoms with Crippen LogP contribution in [0.25, 0.3) is 22.0 Å². The van der Waals surface area contributed by atoms with E-state index in [1.54, 1.807) is 16.7 Å². The van der Waals surface area contributed by atoms with Gasteiger partial charge in [0.05, 0.1) is 13.3 Å². The van der Waals surface area contributed by atoms with Gasteiger partial charge in [-0.1, -0.05) is 42.5 Å². The standard InChI is InChI=1S/C20H19F3N2S/c21-8-13-4-5-17-18(15-2-1-3-16(7-15)20(24)26)12-25(19(17)6-13)11-14(9-22)10-23/h1-7,12,14H,8-11H2,(H2,24,26). The summed E-state index contributed by atoms with van der Waals surface area (Å²) < 4.78 is 40.9. The predicted molar refractivity (Wildman–Crippen MR) is 104 cm³/mol. The fourth-order valence-corrected chi connectivity index (χ4v) is 3.19. The van der Waals surface area contributed by atoms with Crippen LogP contribution in [0.5, 0.6) is 0 Å². The molecule has 2 N–H and O–H groups in total. The van der Waals surface area contributed by atoms with Gasteiger partial charge in [0.25, 0.3) is 0 Å². The van der Waals surface area contributed by atoms with Crippen molar-refractivity contribution in [3.63, 3.8) is 0 Å². The van der Waals surface area contributed by atoms with Gasteiger partial charge in [-0.2, -0.15) is 0 Å². The quantitative estimate of drug-likeness (QED) is 0.591. The third kappa shape index (κ3) is 3.60. The Morgan fingerprint density at radius 1 is 1.08 bits per heavy atom. The Morgan fingerprint density at radius 2 is 1.85 bits per heavy atom. The van der Waals surface area contributed by atoms with E-state index >= 15 is 0 Å². The lowest BCUT2D eigenvalue weighted by molar-refractivity contribution is 0.265. The Morgan fingerprint density at radius 3 is 2.50 bits per heavy atom. The zero-order valence-electron chi connectivity index (χ0n) is 14.1. The molecule has 1 heterocycles. The van der Waals surface area contributed by atoms with Crippen molar-refractivity contribution >= 4 is 28.1 Å². The summed E-state index contributed by atoms with van der Waals surface area (Å²) in [7, 11) is 0. The number of rotatable bonds is 7. The second-order valence-corrected chi connectivity index (χ2v) is 6.74. The number of halogens is 3. The Hall–Kier alpha value is -2.34. The number of thiocarbonyl (C=S) groups is 1. The molecule has 2 nitrogen and oxygen atoms in total. The van der Waals surface area contributed by atoms with Crippen LogP contribution in [0.3, 0.4) is 0 Å². The summed E-state index contributed by atoms with van der Waals surface area (Å²) in [6, 6.07) is 12.8. The lowest BCUT2D eigenvalue weighted by Crippen LogP contribution is -2.14. The molecule has 6 heteroatoms. The van der Waals surface area contributed by atoms with Crippen molar-refractivity contribution in [1.29, 1.82) is 0 Å². The lowest BCUT2D eigenvalue weighted by Gasteiger charge is -2.11. The molecule has 0 saturated heterocycles. The van der Waals surface area contributed by atoms with E-state index in [2.05, 4.69) is 0 Å². The number of aromatic nitrogens is 1. The monoisotopic (exact) mass is 376 g/mol. The minimum atomic E-state index is -0.745. The van der Waals surface area contributed by atoms with Gasteiger partial charge in [-0.3, -0.25) is 8.78 Å². The highest BCUT2D eigenvalue weighted by Gasteiger charge is 2.16. The highest BCUT2D eigenvalue weighted by Crippen LogP contribution is 2.32. The Labute approximate surface area is 155 Å². The molecule has 0 radical (unpaired) electrons. The molecule has 26 heavy (non-hydrogen) atoms. The fourth-order valence-electron chi connectivity index (χ4n) is 3.06.